The van der Waals surface area contributed by atoms with Crippen LogP contribution in [0.1, 0.15) is 26.3 Å². The van der Waals surface area contributed by atoms with Gasteiger partial charge in [-0.2, -0.15) is 5.26 Å². The zero-order chi connectivity index (χ0) is 11.4. The second kappa shape index (κ2) is 4.62. The van der Waals surface area contributed by atoms with Crippen LogP contribution >= 0.6 is 12.6 Å². The molecule has 1 rings (SSSR count). The summed E-state index contributed by atoms with van der Waals surface area (Å²) in [6.45, 7) is 0. The van der Waals surface area contributed by atoms with Crippen molar-refractivity contribution < 1.29 is 14.3 Å². The molecule has 15 heavy (non-hydrogen) atoms. The highest BCUT2D eigenvalue weighted by Crippen LogP contribution is 2.21. The molecule has 0 heterocycles. The summed E-state index contributed by atoms with van der Waals surface area (Å²) in [5.41, 5.74) is 0.133. The number of carbonyl (C=O) groups excluding carboxylic acids is 2. The minimum Gasteiger partial charge on any atom is -0.465 e. The highest BCUT2D eigenvalue weighted by molar-refractivity contribution is 7.80. The number of carbonyl (C=O) groups is 2. The molecule has 0 amide bonds. The van der Waals surface area contributed by atoms with Gasteiger partial charge in [-0.1, -0.05) is 0 Å². The Morgan fingerprint density at radius 3 is 2.73 bits per heavy atom. The maximum atomic E-state index is 11.4. The molecule has 0 fully saturated rings. The van der Waals surface area contributed by atoms with Gasteiger partial charge in [-0.25, -0.2) is 4.79 Å². The molecule has 0 saturated heterocycles. The Bertz CT molecular complexity index is 462. The Morgan fingerprint density at radius 2 is 2.27 bits per heavy atom. The first kappa shape index (κ1) is 11.3. The molecule has 0 saturated carbocycles. The molecule has 0 N–H and O–H groups in total. The predicted octanol–water partition coefficient (Wildman–Crippen LogP) is 1.45. The minimum atomic E-state index is -0.718. The molecular formula is C10H7NO3S. The molecule has 0 aliphatic heterocycles. The van der Waals surface area contributed by atoms with E-state index in [9.17, 15) is 9.59 Å². The second-order valence-electron chi connectivity index (χ2n) is 2.64. The van der Waals surface area contributed by atoms with Crippen LogP contribution < -0.4 is 0 Å². The molecule has 0 atom stereocenters. The average Bonchev–Trinajstić information content (AvgIpc) is 2.27. The van der Waals surface area contributed by atoms with Crippen LogP contribution in [-0.4, -0.2) is 19.4 Å². The van der Waals surface area contributed by atoms with Crippen molar-refractivity contribution in [2.75, 3.05) is 7.11 Å². The quantitative estimate of drug-likeness (QED) is 0.466. The van der Waals surface area contributed by atoms with Gasteiger partial charge in [0.05, 0.1) is 18.2 Å². The molecule has 0 radical (unpaired) electrons. The Morgan fingerprint density at radius 1 is 1.60 bits per heavy atom. The zero-order valence-corrected chi connectivity index (χ0v) is 8.75. The number of aldehydes is 1. The molecule has 0 aliphatic carbocycles. The van der Waals surface area contributed by atoms with Crippen LogP contribution in [0.15, 0.2) is 17.0 Å². The maximum absolute atomic E-state index is 11.4. The second-order valence-corrected chi connectivity index (χ2v) is 3.12. The molecule has 0 bridgehead atoms. The van der Waals surface area contributed by atoms with E-state index in [0.717, 1.165) is 0 Å². The molecular weight excluding hydrogens is 214 g/mol. The molecule has 0 spiro atoms. The highest BCUT2D eigenvalue weighted by Gasteiger charge is 2.18. The fraction of sp³-hybridized carbons (Fsp3) is 0.100. The Hall–Kier alpha value is -1.80. The van der Waals surface area contributed by atoms with Crippen molar-refractivity contribution in [3.8, 4) is 6.07 Å². The average molecular weight is 221 g/mol. The molecule has 0 unspecified atom stereocenters. The fourth-order valence-corrected chi connectivity index (χ4v) is 1.38. The maximum Gasteiger partial charge on any atom is 0.339 e. The lowest BCUT2D eigenvalue weighted by atomic mass is 10.0. The van der Waals surface area contributed by atoms with Gasteiger partial charge in [0.1, 0.15) is 6.07 Å². The highest BCUT2D eigenvalue weighted by atomic mass is 32.1. The van der Waals surface area contributed by atoms with Crippen molar-refractivity contribution in [2.24, 2.45) is 0 Å². The normalized spacial score (nSPS) is 9.13. The number of nitrogens with zero attached hydrogens (tertiary/aromatic N) is 1. The number of thiol groups is 1. The van der Waals surface area contributed by atoms with Gasteiger partial charge < -0.3 is 4.74 Å². The van der Waals surface area contributed by atoms with Gasteiger partial charge in [0.15, 0.2) is 6.29 Å². The number of esters is 1. The molecule has 1 aromatic rings. The standard InChI is InChI=1S/C10H7NO3S/c1-14-10(13)9-6(4-11)2-3-8(15)7(9)5-12/h2-3,5,15H,1H3. The number of ether oxygens (including phenoxy) is 1. The number of benzene rings is 1. The Kier molecular flexibility index (Phi) is 3.47. The van der Waals surface area contributed by atoms with E-state index in [4.69, 9.17) is 5.26 Å². The van der Waals surface area contributed by atoms with E-state index in [2.05, 4.69) is 17.4 Å². The summed E-state index contributed by atoms with van der Waals surface area (Å²) < 4.78 is 4.49. The summed E-state index contributed by atoms with van der Waals surface area (Å²) >= 11 is 4.02. The van der Waals surface area contributed by atoms with Gasteiger partial charge in [0, 0.05) is 10.5 Å². The van der Waals surface area contributed by atoms with Crippen molar-refractivity contribution in [3.05, 3.63) is 28.8 Å². The fourth-order valence-electron chi connectivity index (χ4n) is 1.14. The molecule has 1 aromatic carbocycles. The van der Waals surface area contributed by atoms with Crippen LogP contribution in [0.25, 0.3) is 0 Å². The van der Waals surface area contributed by atoms with Crippen LogP contribution in [0, 0.1) is 11.3 Å². The number of hydrogen-bond donors (Lipinski definition) is 1. The first-order valence-electron chi connectivity index (χ1n) is 3.95. The van der Waals surface area contributed by atoms with E-state index in [1.165, 1.54) is 19.2 Å². The van der Waals surface area contributed by atoms with E-state index in [1.807, 2.05) is 6.07 Å². The van der Waals surface area contributed by atoms with Crippen molar-refractivity contribution >= 4 is 24.9 Å². The molecule has 5 heteroatoms. The van der Waals surface area contributed by atoms with Crippen LogP contribution in [0.3, 0.4) is 0 Å². The van der Waals surface area contributed by atoms with Gasteiger partial charge in [0.25, 0.3) is 0 Å². The summed E-state index contributed by atoms with van der Waals surface area (Å²) in [5, 5.41) is 8.78. The number of methoxy groups -OCH3 is 1. The number of rotatable bonds is 2. The van der Waals surface area contributed by atoms with E-state index in [1.54, 1.807) is 0 Å². The molecule has 0 aliphatic rings. The van der Waals surface area contributed by atoms with Crippen LogP contribution in [0.5, 0.6) is 0 Å². The monoisotopic (exact) mass is 221 g/mol. The Balaban J connectivity index is 3.56. The lowest BCUT2D eigenvalue weighted by molar-refractivity contribution is 0.0597. The zero-order valence-electron chi connectivity index (χ0n) is 7.85. The van der Waals surface area contributed by atoms with E-state index < -0.39 is 5.97 Å². The lowest BCUT2D eigenvalue weighted by Crippen LogP contribution is -2.09. The predicted molar refractivity (Wildman–Crippen MR) is 55.1 cm³/mol. The van der Waals surface area contributed by atoms with Gasteiger partial charge in [-0.3, -0.25) is 4.79 Å². The van der Waals surface area contributed by atoms with Crippen molar-refractivity contribution in [1.29, 1.82) is 5.26 Å². The summed E-state index contributed by atoms with van der Waals surface area (Å²) in [6.07, 6.45) is 0.482. The van der Waals surface area contributed by atoms with Gasteiger partial charge in [0.2, 0.25) is 0 Å². The lowest BCUT2D eigenvalue weighted by Gasteiger charge is -2.06. The molecule has 76 valence electrons. The minimum absolute atomic E-state index is 0.0394. The topological polar surface area (TPSA) is 67.2 Å². The summed E-state index contributed by atoms with van der Waals surface area (Å²) in [4.78, 5) is 22.5. The molecule has 0 aromatic heterocycles. The van der Waals surface area contributed by atoms with E-state index in [-0.39, 0.29) is 16.7 Å². The number of hydrogen-bond acceptors (Lipinski definition) is 5. The van der Waals surface area contributed by atoms with Crippen molar-refractivity contribution in [2.45, 2.75) is 4.90 Å². The van der Waals surface area contributed by atoms with Crippen LogP contribution in [0.2, 0.25) is 0 Å². The molecule has 4 nitrogen and oxygen atoms in total. The third-order valence-electron chi connectivity index (χ3n) is 1.85. The first-order valence-corrected chi connectivity index (χ1v) is 4.40. The number of nitriles is 1. The largest absolute Gasteiger partial charge is 0.465 e. The SMILES string of the molecule is COC(=O)c1c(C#N)ccc(S)c1C=O. The van der Waals surface area contributed by atoms with Gasteiger partial charge in [-0.15, -0.1) is 12.6 Å². The summed E-state index contributed by atoms with van der Waals surface area (Å²) in [7, 11) is 1.18. The van der Waals surface area contributed by atoms with Crippen molar-refractivity contribution in [1.82, 2.24) is 0 Å². The summed E-state index contributed by atoms with van der Waals surface area (Å²) in [6, 6.07) is 4.72. The van der Waals surface area contributed by atoms with Crippen molar-refractivity contribution in [3.63, 3.8) is 0 Å². The van der Waals surface area contributed by atoms with Gasteiger partial charge >= 0.3 is 5.97 Å². The van der Waals surface area contributed by atoms with E-state index in [0.29, 0.717) is 11.2 Å². The summed E-state index contributed by atoms with van der Waals surface area (Å²) in [5.74, 6) is -0.718. The smallest absolute Gasteiger partial charge is 0.339 e. The van der Waals surface area contributed by atoms with Crippen LogP contribution in [-0.2, 0) is 4.74 Å². The third kappa shape index (κ3) is 2.00. The third-order valence-corrected chi connectivity index (χ3v) is 2.24. The Labute approximate surface area is 91.9 Å². The van der Waals surface area contributed by atoms with E-state index >= 15 is 0 Å². The van der Waals surface area contributed by atoms with Gasteiger partial charge in [-0.05, 0) is 12.1 Å². The van der Waals surface area contributed by atoms with Crippen LogP contribution in [0.4, 0.5) is 0 Å². The first-order chi connectivity index (χ1) is 7.15.